The van der Waals surface area contributed by atoms with Crippen LogP contribution in [-0.4, -0.2) is 21.1 Å². The molecule has 0 radical (unpaired) electrons. The van der Waals surface area contributed by atoms with E-state index in [1.807, 2.05) is 30.3 Å². The molecule has 0 aliphatic rings. The molecule has 6 nitrogen and oxygen atoms in total. The SMILES string of the molecule is CCC(C)c1ccc(NC(=O)c2cccnc2Nc2ccc3cn[nH]c3c2)cc1. The van der Waals surface area contributed by atoms with Crippen LogP contribution in [0, 0.1) is 0 Å². The van der Waals surface area contributed by atoms with Crippen LogP contribution in [0.1, 0.15) is 42.1 Å². The summed E-state index contributed by atoms with van der Waals surface area (Å²) in [4.78, 5) is 17.2. The van der Waals surface area contributed by atoms with Gasteiger partial charge in [0.15, 0.2) is 0 Å². The van der Waals surface area contributed by atoms with E-state index < -0.39 is 0 Å². The Hall–Kier alpha value is -3.67. The molecule has 1 unspecified atom stereocenters. The summed E-state index contributed by atoms with van der Waals surface area (Å²) in [6, 6.07) is 17.3. The summed E-state index contributed by atoms with van der Waals surface area (Å²) in [7, 11) is 0. The molecular weight excluding hydrogens is 362 g/mol. The highest BCUT2D eigenvalue weighted by molar-refractivity contribution is 6.07. The van der Waals surface area contributed by atoms with Gasteiger partial charge in [0.1, 0.15) is 5.82 Å². The maximum absolute atomic E-state index is 12.9. The zero-order valence-corrected chi connectivity index (χ0v) is 16.4. The van der Waals surface area contributed by atoms with E-state index in [0.717, 1.165) is 28.7 Å². The van der Waals surface area contributed by atoms with Crippen molar-refractivity contribution in [3.05, 3.63) is 78.1 Å². The van der Waals surface area contributed by atoms with Crippen molar-refractivity contribution in [2.45, 2.75) is 26.2 Å². The van der Waals surface area contributed by atoms with Crippen molar-refractivity contribution in [2.75, 3.05) is 10.6 Å². The van der Waals surface area contributed by atoms with Gasteiger partial charge >= 0.3 is 0 Å². The minimum atomic E-state index is -0.209. The van der Waals surface area contributed by atoms with Crippen molar-refractivity contribution in [1.82, 2.24) is 15.2 Å². The first kappa shape index (κ1) is 18.7. The van der Waals surface area contributed by atoms with E-state index in [4.69, 9.17) is 0 Å². The number of nitrogens with one attached hydrogen (secondary N) is 3. The number of hydrogen-bond donors (Lipinski definition) is 3. The van der Waals surface area contributed by atoms with Crippen molar-refractivity contribution in [3.63, 3.8) is 0 Å². The molecule has 0 saturated heterocycles. The molecule has 3 N–H and O–H groups in total. The first-order valence-corrected chi connectivity index (χ1v) is 9.70. The van der Waals surface area contributed by atoms with E-state index in [0.29, 0.717) is 17.3 Å². The molecule has 1 atom stereocenters. The van der Waals surface area contributed by atoms with Gasteiger partial charge in [-0.1, -0.05) is 26.0 Å². The highest BCUT2D eigenvalue weighted by Crippen LogP contribution is 2.24. The molecule has 2 heterocycles. The summed E-state index contributed by atoms with van der Waals surface area (Å²) in [5, 5.41) is 14.2. The minimum absolute atomic E-state index is 0.209. The Labute approximate surface area is 169 Å². The monoisotopic (exact) mass is 385 g/mol. The van der Waals surface area contributed by atoms with Gasteiger partial charge in [-0.3, -0.25) is 9.89 Å². The molecular formula is C23H23N5O. The van der Waals surface area contributed by atoms with Gasteiger partial charge in [-0.25, -0.2) is 4.98 Å². The molecule has 6 heteroatoms. The molecule has 0 fully saturated rings. The van der Waals surface area contributed by atoms with Gasteiger partial charge in [-0.05, 0) is 60.4 Å². The predicted molar refractivity (Wildman–Crippen MR) is 117 cm³/mol. The Bertz CT molecular complexity index is 1130. The van der Waals surface area contributed by atoms with E-state index >= 15 is 0 Å². The highest BCUT2D eigenvalue weighted by Gasteiger charge is 2.13. The molecule has 0 saturated carbocycles. The number of carbonyl (C=O) groups is 1. The van der Waals surface area contributed by atoms with Gasteiger partial charge in [0.2, 0.25) is 0 Å². The van der Waals surface area contributed by atoms with Crippen LogP contribution in [0.15, 0.2) is 67.0 Å². The zero-order valence-electron chi connectivity index (χ0n) is 16.4. The Morgan fingerprint density at radius 1 is 1.10 bits per heavy atom. The fourth-order valence-electron chi connectivity index (χ4n) is 3.17. The Morgan fingerprint density at radius 2 is 1.90 bits per heavy atom. The van der Waals surface area contributed by atoms with Gasteiger partial charge < -0.3 is 10.6 Å². The molecule has 1 amide bonds. The maximum atomic E-state index is 12.9. The van der Waals surface area contributed by atoms with Crippen LogP contribution in [0.3, 0.4) is 0 Å². The fourth-order valence-corrected chi connectivity index (χ4v) is 3.17. The van der Waals surface area contributed by atoms with Crippen LogP contribution < -0.4 is 10.6 Å². The number of anilines is 3. The first-order valence-electron chi connectivity index (χ1n) is 9.70. The van der Waals surface area contributed by atoms with E-state index in [1.165, 1.54) is 5.56 Å². The van der Waals surface area contributed by atoms with E-state index in [2.05, 4.69) is 51.8 Å². The molecule has 146 valence electrons. The van der Waals surface area contributed by atoms with Crippen LogP contribution in [0.25, 0.3) is 10.9 Å². The lowest BCUT2D eigenvalue weighted by molar-refractivity contribution is 0.102. The molecule has 0 bridgehead atoms. The summed E-state index contributed by atoms with van der Waals surface area (Å²) >= 11 is 0. The lowest BCUT2D eigenvalue weighted by Crippen LogP contribution is -2.14. The second-order valence-corrected chi connectivity index (χ2v) is 7.08. The second-order valence-electron chi connectivity index (χ2n) is 7.08. The molecule has 2 aromatic carbocycles. The largest absolute Gasteiger partial charge is 0.340 e. The summed E-state index contributed by atoms with van der Waals surface area (Å²) in [5.41, 5.74) is 4.24. The fraction of sp³-hybridized carbons (Fsp3) is 0.174. The summed E-state index contributed by atoms with van der Waals surface area (Å²) < 4.78 is 0. The molecule has 29 heavy (non-hydrogen) atoms. The number of aromatic amines is 1. The molecule has 0 spiro atoms. The Balaban J connectivity index is 1.53. The van der Waals surface area contributed by atoms with Gasteiger partial charge in [0.05, 0.1) is 17.3 Å². The number of aromatic nitrogens is 3. The van der Waals surface area contributed by atoms with Crippen molar-refractivity contribution in [3.8, 4) is 0 Å². The Morgan fingerprint density at radius 3 is 2.69 bits per heavy atom. The lowest BCUT2D eigenvalue weighted by atomic mass is 9.98. The molecule has 4 aromatic rings. The van der Waals surface area contributed by atoms with E-state index in [1.54, 1.807) is 24.5 Å². The van der Waals surface area contributed by atoms with Gasteiger partial charge in [-0.15, -0.1) is 0 Å². The average molecular weight is 385 g/mol. The number of benzene rings is 2. The third-order valence-electron chi connectivity index (χ3n) is 5.11. The number of carbonyl (C=O) groups excluding carboxylic acids is 1. The topological polar surface area (TPSA) is 82.7 Å². The van der Waals surface area contributed by atoms with Crippen LogP contribution >= 0.6 is 0 Å². The standard InChI is InChI=1S/C23H23N5O/c1-3-15(2)16-6-9-18(10-7-16)27-23(29)20-5-4-12-24-22(20)26-19-11-8-17-14-25-28-21(17)13-19/h4-15H,3H2,1-2H3,(H,24,26)(H,25,28)(H,27,29). The normalized spacial score (nSPS) is 11.9. The summed E-state index contributed by atoms with van der Waals surface area (Å²) in [6.45, 7) is 4.36. The van der Waals surface area contributed by atoms with Gasteiger partial charge in [0.25, 0.3) is 5.91 Å². The summed E-state index contributed by atoms with van der Waals surface area (Å²) in [5.74, 6) is 0.792. The van der Waals surface area contributed by atoms with Crippen molar-refractivity contribution < 1.29 is 4.79 Å². The molecule has 4 rings (SSSR count). The second kappa shape index (κ2) is 8.14. The van der Waals surface area contributed by atoms with Crippen LogP contribution in [0.5, 0.6) is 0 Å². The smallest absolute Gasteiger partial charge is 0.259 e. The van der Waals surface area contributed by atoms with Crippen molar-refractivity contribution in [1.29, 1.82) is 0 Å². The van der Waals surface area contributed by atoms with Crippen LogP contribution in [-0.2, 0) is 0 Å². The quantitative estimate of drug-likeness (QED) is 0.411. The van der Waals surface area contributed by atoms with Crippen molar-refractivity contribution >= 4 is 34.0 Å². The number of rotatable bonds is 6. The summed E-state index contributed by atoms with van der Waals surface area (Å²) in [6.07, 6.45) is 4.51. The lowest BCUT2D eigenvalue weighted by Gasteiger charge is -2.13. The highest BCUT2D eigenvalue weighted by atomic mass is 16.1. The molecule has 0 aliphatic carbocycles. The molecule has 2 aromatic heterocycles. The number of pyridine rings is 1. The number of fused-ring (bicyclic) bond motifs is 1. The van der Waals surface area contributed by atoms with Crippen LogP contribution in [0.4, 0.5) is 17.2 Å². The minimum Gasteiger partial charge on any atom is -0.340 e. The predicted octanol–water partition coefficient (Wildman–Crippen LogP) is 5.47. The number of H-pyrrole nitrogens is 1. The zero-order chi connectivity index (χ0) is 20.2. The molecule has 0 aliphatic heterocycles. The maximum Gasteiger partial charge on any atom is 0.259 e. The Kier molecular flexibility index (Phi) is 5.24. The average Bonchev–Trinajstić information content (AvgIpc) is 3.22. The van der Waals surface area contributed by atoms with Crippen LogP contribution in [0.2, 0.25) is 0 Å². The number of hydrogen-bond acceptors (Lipinski definition) is 4. The van der Waals surface area contributed by atoms with E-state index in [-0.39, 0.29) is 5.91 Å². The number of amides is 1. The van der Waals surface area contributed by atoms with Gasteiger partial charge in [0, 0.05) is 23.0 Å². The number of nitrogens with zero attached hydrogens (tertiary/aromatic N) is 2. The van der Waals surface area contributed by atoms with E-state index in [9.17, 15) is 4.79 Å². The third kappa shape index (κ3) is 4.11. The van der Waals surface area contributed by atoms with Gasteiger partial charge in [-0.2, -0.15) is 5.10 Å². The third-order valence-corrected chi connectivity index (χ3v) is 5.11. The van der Waals surface area contributed by atoms with Crippen molar-refractivity contribution in [2.24, 2.45) is 0 Å². The first-order chi connectivity index (χ1) is 14.1.